The van der Waals surface area contributed by atoms with Crippen LogP contribution in [0.1, 0.15) is 19.8 Å². The molecule has 1 aliphatic rings. The van der Waals surface area contributed by atoms with Crippen LogP contribution in [0.4, 0.5) is 0 Å². The summed E-state index contributed by atoms with van der Waals surface area (Å²) in [7, 11) is 0. The predicted molar refractivity (Wildman–Crippen MR) is 76.6 cm³/mol. The Morgan fingerprint density at radius 3 is 1.88 bits per heavy atom. The van der Waals surface area contributed by atoms with Gasteiger partial charge in [0.1, 0.15) is 0 Å². The summed E-state index contributed by atoms with van der Waals surface area (Å²) in [6, 6.07) is 18.1. The van der Waals surface area contributed by atoms with Gasteiger partial charge in [0.2, 0.25) is 0 Å². The Kier molecular flexibility index (Phi) is 3.07. The zero-order valence-corrected chi connectivity index (χ0v) is 12.1. The Morgan fingerprint density at radius 1 is 0.824 bits per heavy atom. The van der Waals surface area contributed by atoms with Gasteiger partial charge < -0.3 is 0 Å². The maximum atomic E-state index is 2.37. The van der Waals surface area contributed by atoms with Gasteiger partial charge in [-0.3, -0.25) is 0 Å². The van der Waals surface area contributed by atoms with Crippen molar-refractivity contribution in [1.82, 2.24) is 0 Å². The molecule has 0 nitrogen and oxygen atoms in total. The Labute approximate surface area is 108 Å². The molecule has 1 aliphatic heterocycles. The third-order valence-electron chi connectivity index (χ3n) is 3.42. The topological polar surface area (TPSA) is 0 Å². The van der Waals surface area contributed by atoms with E-state index in [4.69, 9.17) is 0 Å². The van der Waals surface area contributed by atoms with E-state index in [-0.39, 0.29) is 0 Å². The fraction of sp³-hybridized carbons (Fsp3) is 0.250. The Morgan fingerprint density at radius 2 is 1.35 bits per heavy atom. The molecule has 2 aromatic carbocycles. The summed E-state index contributed by atoms with van der Waals surface area (Å²) in [5.74, 6) is 0. The van der Waals surface area contributed by atoms with Crippen molar-refractivity contribution in [1.29, 1.82) is 0 Å². The van der Waals surface area contributed by atoms with Crippen LogP contribution in [-0.4, -0.2) is 14.7 Å². The molecular weight excluding hydrogens is 267 g/mol. The average molecular weight is 284 g/mol. The molecule has 0 unspecified atom stereocenters. The molecule has 0 radical (unpaired) electrons. The molecule has 86 valence electrons. The Hall–Kier alpha value is -1.00. The number of fused-ring (bicyclic) bond motifs is 3. The van der Waals surface area contributed by atoms with E-state index in [2.05, 4.69) is 55.5 Å². The molecule has 3 rings (SSSR count). The van der Waals surface area contributed by atoms with Gasteiger partial charge in [0, 0.05) is 0 Å². The molecule has 1 heterocycles. The molecule has 0 fully saturated rings. The van der Waals surface area contributed by atoms with Crippen LogP contribution in [-0.2, 0) is 0 Å². The van der Waals surface area contributed by atoms with Gasteiger partial charge in [0.05, 0.1) is 0 Å². The van der Waals surface area contributed by atoms with Crippen LogP contribution in [0.2, 0.25) is 5.21 Å². The van der Waals surface area contributed by atoms with Gasteiger partial charge in [-0.25, -0.2) is 0 Å². The second-order valence-corrected chi connectivity index (χ2v) is 9.30. The standard InChI is InChI=1S/C16H17As/c1-2-3-12-17-15-10-6-4-8-13(15)14-9-5-7-11-16(14)17/h4-11H,2-3,12H2,1H3. The van der Waals surface area contributed by atoms with Gasteiger partial charge in [0.25, 0.3) is 0 Å². The van der Waals surface area contributed by atoms with Crippen LogP contribution in [0.25, 0.3) is 11.1 Å². The number of benzene rings is 2. The Balaban J connectivity index is 2.10. The van der Waals surface area contributed by atoms with Crippen molar-refractivity contribution >= 4 is 23.4 Å². The summed E-state index contributed by atoms with van der Waals surface area (Å²) in [5.41, 5.74) is 3.03. The van der Waals surface area contributed by atoms with Crippen molar-refractivity contribution in [3.05, 3.63) is 48.5 Å². The fourth-order valence-electron chi connectivity index (χ4n) is 2.56. The van der Waals surface area contributed by atoms with Gasteiger partial charge >= 0.3 is 108 Å². The van der Waals surface area contributed by atoms with Crippen LogP contribution >= 0.6 is 0 Å². The third-order valence-corrected chi connectivity index (χ3v) is 9.09. The van der Waals surface area contributed by atoms with E-state index < -0.39 is 14.7 Å². The molecule has 0 spiro atoms. The zero-order chi connectivity index (χ0) is 11.7. The molecule has 0 N–H and O–H groups in total. The first kappa shape index (κ1) is 11.1. The van der Waals surface area contributed by atoms with Crippen molar-refractivity contribution in [3.8, 4) is 11.1 Å². The van der Waals surface area contributed by atoms with Gasteiger partial charge in [-0.15, -0.1) is 0 Å². The molecule has 0 aromatic heterocycles. The molecule has 2 aromatic rings. The third kappa shape index (κ3) is 1.85. The summed E-state index contributed by atoms with van der Waals surface area (Å²) >= 11 is -0.970. The summed E-state index contributed by atoms with van der Waals surface area (Å²) in [4.78, 5) is 0. The second-order valence-electron chi connectivity index (χ2n) is 4.54. The van der Waals surface area contributed by atoms with E-state index in [9.17, 15) is 0 Å². The van der Waals surface area contributed by atoms with Crippen molar-refractivity contribution in [2.45, 2.75) is 25.0 Å². The van der Waals surface area contributed by atoms with Gasteiger partial charge in [-0.05, 0) is 0 Å². The van der Waals surface area contributed by atoms with Crippen LogP contribution in [0.15, 0.2) is 48.5 Å². The van der Waals surface area contributed by atoms with E-state index in [0.29, 0.717) is 0 Å². The first-order valence-electron chi connectivity index (χ1n) is 6.38. The van der Waals surface area contributed by atoms with E-state index in [0.717, 1.165) is 0 Å². The predicted octanol–water partition coefficient (Wildman–Crippen LogP) is 3.08. The van der Waals surface area contributed by atoms with Crippen molar-refractivity contribution < 1.29 is 0 Å². The SMILES string of the molecule is CCCC[As]1c2ccccc2-c2ccccc21. The van der Waals surface area contributed by atoms with Crippen LogP contribution in [0, 0.1) is 0 Å². The fourth-order valence-corrected chi connectivity index (χ4v) is 8.60. The van der Waals surface area contributed by atoms with Gasteiger partial charge in [-0.1, -0.05) is 0 Å². The summed E-state index contributed by atoms with van der Waals surface area (Å²) in [6.45, 7) is 2.29. The molecule has 0 bridgehead atoms. The number of hydrogen-bond acceptors (Lipinski definition) is 0. The Bertz CT molecular complexity index is 485. The molecule has 0 saturated carbocycles. The normalized spacial score (nSPS) is 13.5. The molecule has 0 saturated heterocycles. The molecule has 0 aliphatic carbocycles. The zero-order valence-electron chi connectivity index (χ0n) is 10.2. The first-order chi connectivity index (χ1) is 8.42. The van der Waals surface area contributed by atoms with Gasteiger partial charge in [0.15, 0.2) is 0 Å². The van der Waals surface area contributed by atoms with E-state index in [1.165, 1.54) is 29.2 Å². The first-order valence-corrected chi connectivity index (χ1v) is 9.58. The summed E-state index contributed by atoms with van der Waals surface area (Å²) in [6.07, 6.45) is 2.69. The van der Waals surface area contributed by atoms with Crippen LogP contribution in [0.3, 0.4) is 0 Å². The average Bonchev–Trinajstić information content (AvgIpc) is 2.71. The molecular formula is C16H17As. The van der Waals surface area contributed by atoms with Crippen molar-refractivity contribution in [2.75, 3.05) is 0 Å². The molecule has 0 atom stereocenters. The second kappa shape index (κ2) is 4.70. The van der Waals surface area contributed by atoms with E-state index >= 15 is 0 Å². The quantitative estimate of drug-likeness (QED) is 0.760. The van der Waals surface area contributed by atoms with Crippen LogP contribution < -0.4 is 8.70 Å². The minimum atomic E-state index is -0.970. The van der Waals surface area contributed by atoms with Crippen molar-refractivity contribution in [2.24, 2.45) is 0 Å². The minimum absolute atomic E-state index is 0.970. The maximum absolute atomic E-state index is 2.37. The summed E-state index contributed by atoms with van der Waals surface area (Å²) in [5, 5.41) is 1.43. The number of unbranched alkanes of at least 4 members (excludes halogenated alkanes) is 1. The molecule has 17 heavy (non-hydrogen) atoms. The molecule has 0 amide bonds. The van der Waals surface area contributed by atoms with Crippen LogP contribution in [0.5, 0.6) is 0 Å². The monoisotopic (exact) mass is 284 g/mol. The van der Waals surface area contributed by atoms with E-state index in [1.54, 1.807) is 8.70 Å². The van der Waals surface area contributed by atoms with Crippen molar-refractivity contribution in [3.63, 3.8) is 0 Å². The molecule has 1 heteroatoms. The van der Waals surface area contributed by atoms with E-state index in [1.807, 2.05) is 0 Å². The summed E-state index contributed by atoms with van der Waals surface area (Å²) < 4.78 is 3.35. The van der Waals surface area contributed by atoms with Gasteiger partial charge in [-0.2, -0.15) is 0 Å². The number of hydrogen-bond donors (Lipinski definition) is 0. The number of rotatable bonds is 3.